The van der Waals surface area contributed by atoms with Crippen molar-refractivity contribution in [2.24, 2.45) is 0 Å². The van der Waals surface area contributed by atoms with Crippen molar-refractivity contribution < 1.29 is 9.59 Å². The van der Waals surface area contributed by atoms with Crippen molar-refractivity contribution in [1.29, 1.82) is 0 Å². The number of hydrogen-bond donors (Lipinski definition) is 1. The number of anilines is 3. The average molecular weight is 349 g/mol. The van der Waals surface area contributed by atoms with E-state index in [1.807, 2.05) is 30.3 Å². The quantitative estimate of drug-likeness (QED) is 0.860. The maximum Gasteiger partial charge on any atom is 0.256 e. The predicted octanol–water partition coefficient (Wildman–Crippen LogP) is 3.42. The fourth-order valence-electron chi connectivity index (χ4n) is 3.71. The maximum atomic E-state index is 12.7. The Morgan fingerprint density at radius 2 is 1.50 bits per heavy atom. The van der Waals surface area contributed by atoms with Crippen LogP contribution in [-0.4, -0.2) is 30.9 Å². The van der Waals surface area contributed by atoms with Gasteiger partial charge in [-0.15, -0.1) is 0 Å². The van der Waals surface area contributed by atoms with Gasteiger partial charge >= 0.3 is 0 Å². The van der Waals surface area contributed by atoms with Gasteiger partial charge in [-0.05, 0) is 55.7 Å². The molecule has 134 valence electrons. The second kappa shape index (κ2) is 7.20. The summed E-state index contributed by atoms with van der Waals surface area (Å²) in [5.41, 5.74) is 2.72. The molecule has 2 aliphatic rings. The van der Waals surface area contributed by atoms with E-state index in [0.717, 1.165) is 18.8 Å². The number of imide groups is 1. The van der Waals surface area contributed by atoms with Gasteiger partial charge in [0.2, 0.25) is 5.91 Å². The Bertz CT molecular complexity index is 783. The third kappa shape index (κ3) is 3.29. The summed E-state index contributed by atoms with van der Waals surface area (Å²) < 4.78 is 0. The molecule has 0 bridgehead atoms. The van der Waals surface area contributed by atoms with E-state index >= 15 is 0 Å². The molecule has 1 unspecified atom stereocenters. The minimum Gasteiger partial charge on any atom is -0.373 e. The zero-order valence-corrected chi connectivity index (χ0v) is 14.7. The monoisotopic (exact) mass is 349 g/mol. The fraction of sp³-hybridized carbons (Fsp3) is 0.333. The Kier molecular flexibility index (Phi) is 4.61. The molecule has 1 atom stereocenters. The molecule has 2 fully saturated rings. The molecule has 0 saturated carbocycles. The van der Waals surface area contributed by atoms with Crippen LogP contribution in [0.4, 0.5) is 17.1 Å². The summed E-state index contributed by atoms with van der Waals surface area (Å²) >= 11 is 0. The van der Waals surface area contributed by atoms with Gasteiger partial charge in [-0.25, -0.2) is 4.90 Å². The van der Waals surface area contributed by atoms with Gasteiger partial charge in [-0.2, -0.15) is 0 Å². The zero-order chi connectivity index (χ0) is 17.9. The Morgan fingerprint density at radius 3 is 2.19 bits per heavy atom. The lowest BCUT2D eigenvalue weighted by Crippen LogP contribution is -2.34. The topological polar surface area (TPSA) is 52.7 Å². The first-order valence-electron chi connectivity index (χ1n) is 9.26. The summed E-state index contributed by atoms with van der Waals surface area (Å²) in [5.74, 6) is -0.357. The van der Waals surface area contributed by atoms with Gasteiger partial charge in [0.15, 0.2) is 0 Å². The molecule has 2 saturated heterocycles. The van der Waals surface area contributed by atoms with Gasteiger partial charge in [-0.1, -0.05) is 18.2 Å². The van der Waals surface area contributed by atoms with Crippen molar-refractivity contribution in [2.75, 3.05) is 28.2 Å². The van der Waals surface area contributed by atoms with Crippen molar-refractivity contribution in [1.82, 2.24) is 0 Å². The number of carbonyl (C=O) groups is 2. The molecule has 2 heterocycles. The van der Waals surface area contributed by atoms with Crippen LogP contribution in [0.1, 0.15) is 25.7 Å². The maximum absolute atomic E-state index is 12.7. The molecule has 26 heavy (non-hydrogen) atoms. The minimum absolute atomic E-state index is 0.163. The highest BCUT2D eigenvalue weighted by atomic mass is 16.2. The average Bonchev–Trinajstić information content (AvgIpc) is 2.97. The van der Waals surface area contributed by atoms with Crippen LogP contribution < -0.4 is 15.1 Å². The summed E-state index contributed by atoms with van der Waals surface area (Å²) in [6.45, 7) is 2.21. The van der Waals surface area contributed by atoms with E-state index < -0.39 is 6.04 Å². The molecule has 2 aromatic rings. The molecule has 0 radical (unpaired) electrons. The fourth-order valence-corrected chi connectivity index (χ4v) is 3.71. The number of rotatable bonds is 4. The van der Waals surface area contributed by atoms with E-state index in [2.05, 4.69) is 22.3 Å². The first kappa shape index (κ1) is 16.6. The third-order valence-electron chi connectivity index (χ3n) is 5.09. The normalized spacial score (nSPS) is 20.5. The van der Waals surface area contributed by atoms with Crippen molar-refractivity contribution in [3.05, 3.63) is 54.6 Å². The second-order valence-corrected chi connectivity index (χ2v) is 6.90. The first-order valence-corrected chi connectivity index (χ1v) is 9.26. The summed E-state index contributed by atoms with van der Waals surface area (Å²) in [4.78, 5) is 28.6. The van der Waals surface area contributed by atoms with Gasteiger partial charge in [-0.3, -0.25) is 9.59 Å². The van der Waals surface area contributed by atoms with Crippen LogP contribution in [0.25, 0.3) is 0 Å². The number of amides is 2. The Hall–Kier alpha value is -2.82. The lowest BCUT2D eigenvalue weighted by molar-refractivity contribution is -0.121. The predicted molar refractivity (Wildman–Crippen MR) is 103 cm³/mol. The molecule has 0 aromatic heterocycles. The number of carbonyl (C=O) groups excluding carboxylic acids is 2. The highest BCUT2D eigenvalue weighted by Crippen LogP contribution is 2.26. The number of nitrogens with zero attached hydrogens (tertiary/aromatic N) is 2. The molecular weight excluding hydrogens is 326 g/mol. The Labute approximate surface area is 153 Å². The first-order chi connectivity index (χ1) is 12.7. The number of para-hydroxylation sites is 1. The van der Waals surface area contributed by atoms with Crippen LogP contribution in [0.5, 0.6) is 0 Å². The van der Waals surface area contributed by atoms with E-state index in [-0.39, 0.29) is 18.2 Å². The molecule has 2 aromatic carbocycles. The molecule has 0 spiro atoms. The van der Waals surface area contributed by atoms with Gasteiger partial charge in [0.25, 0.3) is 5.91 Å². The molecule has 5 nitrogen and oxygen atoms in total. The summed E-state index contributed by atoms with van der Waals surface area (Å²) in [5, 5.41) is 3.22. The Morgan fingerprint density at radius 1 is 0.808 bits per heavy atom. The van der Waals surface area contributed by atoms with E-state index in [9.17, 15) is 9.59 Å². The summed E-state index contributed by atoms with van der Waals surface area (Å²) in [6.07, 6.45) is 3.98. The van der Waals surface area contributed by atoms with E-state index in [0.29, 0.717) is 5.69 Å². The minimum atomic E-state index is -0.511. The standard InChI is InChI=1S/C21H23N3O2/c25-20-15-19(21(26)24(20)18-7-3-1-4-8-18)22-16-9-11-17(12-10-16)23-13-5-2-6-14-23/h1,3-4,7-12,19,22H,2,5-6,13-15H2. The zero-order valence-electron chi connectivity index (χ0n) is 14.7. The van der Waals surface area contributed by atoms with E-state index in [4.69, 9.17) is 0 Å². The molecule has 1 N–H and O–H groups in total. The van der Waals surface area contributed by atoms with Crippen LogP contribution in [0.2, 0.25) is 0 Å². The van der Waals surface area contributed by atoms with Crippen LogP contribution in [0.3, 0.4) is 0 Å². The van der Waals surface area contributed by atoms with Crippen molar-refractivity contribution in [3.8, 4) is 0 Å². The SMILES string of the molecule is O=C1CC(Nc2ccc(N3CCCCC3)cc2)C(=O)N1c1ccccc1. The molecule has 0 aliphatic carbocycles. The lowest BCUT2D eigenvalue weighted by Gasteiger charge is -2.29. The number of piperidine rings is 1. The highest BCUT2D eigenvalue weighted by molar-refractivity contribution is 6.23. The van der Waals surface area contributed by atoms with Crippen LogP contribution in [0, 0.1) is 0 Å². The van der Waals surface area contributed by atoms with Crippen LogP contribution in [-0.2, 0) is 9.59 Å². The van der Waals surface area contributed by atoms with Gasteiger partial charge in [0.05, 0.1) is 12.1 Å². The van der Waals surface area contributed by atoms with E-state index in [1.54, 1.807) is 12.1 Å². The number of hydrogen-bond acceptors (Lipinski definition) is 4. The molecule has 5 heteroatoms. The lowest BCUT2D eigenvalue weighted by atomic mass is 10.1. The smallest absolute Gasteiger partial charge is 0.256 e. The molecule has 2 aliphatic heterocycles. The van der Waals surface area contributed by atoms with Crippen LogP contribution >= 0.6 is 0 Å². The van der Waals surface area contributed by atoms with Gasteiger partial charge < -0.3 is 10.2 Å². The van der Waals surface area contributed by atoms with Crippen molar-refractivity contribution in [3.63, 3.8) is 0 Å². The van der Waals surface area contributed by atoms with Crippen molar-refractivity contribution >= 4 is 28.9 Å². The summed E-state index contributed by atoms with van der Waals surface area (Å²) in [6, 6.07) is 16.7. The van der Waals surface area contributed by atoms with Crippen LogP contribution in [0.15, 0.2) is 54.6 Å². The third-order valence-corrected chi connectivity index (χ3v) is 5.09. The number of nitrogens with one attached hydrogen (secondary N) is 1. The van der Waals surface area contributed by atoms with Gasteiger partial charge in [0.1, 0.15) is 6.04 Å². The highest BCUT2D eigenvalue weighted by Gasteiger charge is 2.39. The van der Waals surface area contributed by atoms with E-state index in [1.165, 1.54) is 29.8 Å². The van der Waals surface area contributed by atoms with Crippen molar-refractivity contribution in [2.45, 2.75) is 31.7 Å². The molecule has 2 amide bonds. The number of benzene rings is 2. The largest absolute Gasteiger partial charge is 0.373 e. The second-order valence-electron chi connectivity index (χ2n) is 6.90. The van der Waals surface area contributed by atoms with Gasteiger partial charge in [0, 0.05) is 24.5 Å². The Balaban J connectivity index is 1.44. The molecule has 4 rings (SSSR count). The molecular formula is C21H23N3O2. The summed E-state index contributed by atoms with van der Waals surface area (Å²) in [7, 11) is 0.